The van der Waals surface area contributed by atoms with Crippen molar-refractivity contribution in [3.63, 3.8) is 0 Å². The highest BCUT2D eigenvalue weighted by Gasteiger charge is 2.39. The second-order valence-electron chi connectivity index (χ2n) is 8.42. The van der Waals surface area contributed by atoms with E-state index < -0.39 is 10.0 Å². The molecule has 0 aliphatic carbocycles. The second kappa shape index (κ2) is 7.53. The summed E-state index contributed by atoms with van der Waals surface area (Å²) in [7, 11) is -1.97. The Kier molecular flexibility index (Phi) is 4.94. The third-order valence-corrected chi connectivity index (χ3v) is 8.58. The highest BCUT2D eigenvalue weighted by atomic mass is 32.2. The number of carbonyl (C=O) groups is 1. The summed E-state index contributed by atoms with van der Waals surface area (Å²) in [6.07, 6.45) is 1.68. The van der Waals surface area contributed by atoms with Gasteiger partial charge in [-0.3, -0.25) is 4.79 Å². The number of carbonyl (C=O) groups excluding carboxylic acids is 1. The van der Waals surface area contributed by atoms with Crippen molar-refractivity contribution in [2.45, 2.75) is 30.6 Å². The standard InChI is InChI=1S/C23H27N3O4S/c1-16-21-15-20(14-17-4-3-9-26(22(17)21)23(16)27)31(28,29)25-12-10-24(11-13-25)18-5-7-19(30-2)8-6-18/h5-8,14-16H,3-4,9-13H2,1-2H3/t16-/m1/s1. The average molecular weight is 442 g/mol. The molecule has 0 bridgehead atoms. The number of piperazine rings is 1. The van der Waals surface area contributed by atoms with E-state index in [-0.39, 0.29) is 11.8 Å². The van der Waals surface area contributed by atoms with Gasteiger partial charge in [-0.2, -0.15) is 4.31 Å². The van der Waals surface area contributed by atoms with Crippen molar-refractivity contribution in [2.75, 3.05) is 49.6 Å². The van der Waals surface area contributed by atoms with Gasteiger partial charge < -0.3 is 14.5 Å². The van der Waals surface area contributed by atoms with E-state index in [4.69, 9.17) is 4.74 Å². The predicted octanol–water partition coefficient (Wildman–Crippen LogP) is 2.60. The molecule has 0 aromatic heterocycles. The first-order chi connectivity index (χ1) is 14.9. The first-order valence-electron chi connectivity index (χ1n) is 10.8. The lowest BCUT2D eigenvalue weighted by molar-refractivity contribution is -0.119. The second-order valence-corrected chi connectivity index (χ2v) is 10.4. The Morgan fingerprint density at radius 3 is 2.39 bits per heavy atom. The Morgan fingerprint density at radius 2 is 1.71 bits per heavy atom. The van der Waals surface area contributed by atoms with Crippen LogP contribution in [0.25, 0.3) is 0 Å². The molecule has 3 aliphatic heterocycles. The van der Waals surface area contributed by atoms with Gasteiger partial charge in [-0.05, 0) is 67.3 Å². The Morgan fingerprint density at radius 1 is 1.00 bits per heavy atom. The highest BCUT2D eigenvalue weighted by Crippen LogP contribution is 2.44. The molecule has 1 atom stereocenters. The fourth-order valence-electron chi connectivity index (χ4n) is 4.94. The minimum atomic E-state index is -3.61. The van der Waals surface area contributed by atoms with Crippen LogP contribution in [0.2, 0.25) is 0 Å². The van der Waals surface area contributed by atoms with Crippen LogP contribution in [0, 0.1) is 0 Å². The third-order valence-electron chi connectivity index (χ3n) is 6.71. The molecule has 7 nitrogen and oxygen atoms in total. The van der Waals surface area contributed by atoms with Gasteiger partial charge in [0.25, 0.3) is 0 Å². The molecule has 1 amide bonds. The van der Waals surface area contributed by atoms with E-state index in [0.29, 0.717) is 31.1 Å². The Labute approximate surface area is 183 Å². The molecule has 0 spiro atoms. The quantitative estimate of drug-likeness (QED) is 0.730. The number of ether oxygens (including phenoxy) is 1. The van der Waals surface area contributed by atoms with Gasteiger partial charge in [0.05, 0.1) is 23.6 Å². The smallest absolute Gasteiger partial charge is 0.243 e. The van der Waals surface area contributed by atoms with E-state index in [1.165, 1.54) is 0 Å². The van der Waals surface area contributed by atoms with Gasteiger partial charge in [0.2, 0.25) is 15.9 Å². The van der Waals surface area contributed by atoms with Crippen molar-refractivity contribution in [3.05, 3.63) is 47.5 Å². The van der Waals surface area contributed by atoms with Crippen molar-refractivity contribution in [2.24, 2.45) is 0 Å². The van der Waals surface area contributed by atoms with Crippen LogP contribution in [0.4, 0.5) is 11.4 Å². The number of methoxy groups -OCH3 is 1. The third kappa shape index (κ3) is 3.29. The molecule has 2 aromatic rings. The molecule has 0 radical (unpaired) electrons. The molecule has 0 saturated carbocycles. The SMILES string of the molecule is COc1ccc(N2CCN(S(=O)(=O)c3cc4c5c(c3)[C@@H](C)C(=O)N5CCC4)CC2)cc1. The van der Waals surface area contributed by atoms with E-state index >= 15 is 0 Å². The number of hydrogen-bond acceptors (Lipinski definition) is 5. The van der Waals surface area contributed by atoms with Gasteiger partial charge in [0, 0.05) is 38.4 Å². The van der Waals surface area contributed by atoms with Crippen LogP contribution in [0.5, 0.6) is 5.75 Å². The van der Waals surface area contributed by atoms with E-state index in [9.17, 15) is 13.2 Å². The summed E-state index contributed by atoms with van der Waals surface area (Å²) in [4.78, 5) is 17.0. The monoisotopic (exact) mass is 441 g/mol. The summed E-state index contributed by atoms with van der Waals surface area (Å²) in [6.45, 7) is 4.73. The number of hydrogen-bond donors (Lipinski definition) is 0. The van der Waals surface area contributed by atoms with E-state index in [1.807, 2.05) is 36.1 Å². The largest absolute Gasteiger partial charge is 0.497 e. The normalized spacial score (nSPS) is 21.4. The molecule has 3 aliphatic rings. The van der Waals surface area contributed by atoms with Gasteiger partial charge in [0.1, 0.15) is 5.75 Å². The van der Waals surface area contributed by atoms with Crippen LogP contribution in [0.1, 0.15) is 30.4 Å². The molecule has 164 valence electrons. The lowest BCUT2D eigenvalue weighted by atomic mass is 9.97. The van der Waals surface area contributed by atoms with Crippen LogP contribution >= 0.6 is 0 Å². The minimum Gasteiger partial charge on any atom is -0.497 e. The van der Waals surface area contributed by atoms with Gasteiger partial charge >= 0.3 is 0 Å². The molecule has 2 aromatic carbocycles. The van der Waals surface area contributed by atoms with Crippen molar-refractivity contribution in [1.82, 2.24) is 4.31 Å². The molecule has 1 saturated heterocycles. The maximum absolute atomic E-state index is 13.5. The van der Waals surface area contributed by atoms with Crippen molar-refractivity contribution in [3.8, 4) is 5.75 Å². The summed E-state index contributed by atoms with van der Waals surface area (Å²) < 4.78 is 33.7. The Hall–Kier alpha value is -2.58. The molecule has 5 rings (SSSR count). The fraction of sp³-hybridized carbons (Fsp3) is 0.435. The van der Waals surface area contributed by atoms with Gasteiger partial charge in [-0.25, -0.2) is 8.42 Å². The van der Waals surface area contributed by atoms with Crippen LogP contribution in [-0.2, 0) is 21.2 Å². The van der Waals surface area contributed by atoms with Gasteiger partial charge in [-0.15, -0.1) is 0 Å². The number of nitrogens with zero attached hydrogens (tertiary/aromatic N) is 3. The lowest BCUT2D eigenvalue weighted by Gasteiger charge is -2.35. The molecular weight excluding hydrogens is 414 g/mol. The molecular formula is C23H27N3O4S. The maximum atomic E-state index is 13.5. The van der Waals surface area contributed by atoms with E-state index in [1.54, 1.807) is 23.5 Å². The number of amides is 1. The summed E-state index contributed by atoms with van der Waals surface area (Å²) in [5, 5.41) is 0. The van der Waals surface area contributed by atoms with Crippen molar-refractivity contribution >= 4 is 27.3 Å². The Bertz CT molecular complexity index is 1120. The summed E-state index contributed by atoms with van der Waals surface area (Å²) >= 11 is 0. The van der Waals surface area contributed by atoms with Crippen LogP contribution in [-0.4, -0.2) is 58.5 Å². The average Bonchev–Trinajstić information content (AvgIpc) is 3.05. The zero-order valence-electron chi connectivity index (χ0n) is 17.9. The number of rotatable bonds is 4. The number of sulfonamides is 1. The molecule has 3 heterocycles. The first kappa shape index (κ1) is 20.3. The Balaban J connectivity index is 1.38. The zero-order chi connectivity index (χ0) is 21.8. The molecule has 0 N–H and O–H groups in total. The predicted molar refractivity (Wildman–Crippen MR) is 119 cm³/mol. The van der Waals surface area contributed by atoms with Crippen molar-refractivity contribution < 1.29 is 17.9 Å². The van der Waals surface area contributed by atoms with E-state index in [2.05, 4.69) is 4.90 Å². The van der Waals surface area contributed by atoms with Crippen LogP contribution in [0.3, 0.4) is 0 Å². The number of aryl methyl sites for hydroxylation is 1. The molecule has 1 fully saturated rings. The summed E-state index contributed by atoms with van der Waals surface area (Å²) in [5.41, 5.74) is 3.86. The lowest BCUT2D eigenvalue weighted by Crippen LogP contribution is -2.48. The van der Waals surface area contributed by atoms with Crippen LogP contribution in [0.15, 0.2) is 41.3 Å². The van der Waals surface area contributed by atoms with Gasteiger partial charge in [0.15, 0.2) is 0 Å². The van der Waals surface area contributed by atoms with Crippen LogP contribution < -0.4 is 14.5 Å². The topological polar surface area (TPSA) is 70.2 Å². The van der Waals surface area contributed by atoms with Crippen molar-refractivity contribution in [1.29, 1.82) is 0 Å². The minimum absolute atomic E-state index is 0.0820. The molecule has 31 heavy (non-hydrogen) atoms. The zero-order valence-corrected chi connectivity index (χ0v) is 18.7. The number of anilines is 2. The summed E-state index contributed by atoms with van der Waals surface area (Å²) in [6, 6.07) is 11.4. The van der Waals surface area contributed by atoms with E-state index in [0.717, 1.165) is 47.6 Å². The molecule has 0 unspecified atom stereocenters. The maximum Gasteiger partial charge on any atom is 0.243 e. The number of benzene rings is 2. The first-order valence-corrected chi connectivity index (χ1v) is 12.2. The van der Waals surface area contributed by atoms with Gasteiger partial charge in [-0.1, -0.05) is 0 Å². The molecule has 8 heteroatoms. The highest BCUT2D eigenvalue weighted by molar-refractivity contribution is 7.89. The fourth-order valence-corrected chi connectivity index (χ4v) is 6.45. The summed E-state index contributed by atoms with van der Waals surface area (Å²) in [5.74, 6) is 0.601.